The van der Waals surface area contributed by atoms with E-state index in [0.717, 1.165) is 18.9 Å². The van der Waals surface area contributed by atoms with E-state index >= 15 is 0 Å². The Labute approximate surface area is 111 Å². The Morgan fingerprint density at radius 2 is 2.06 bits per heavy atom. The second kappa shape index (κ2) is 7.10. The van der Waals surface area contributed by atoms with Crippen molar-refractivity contribution in [3.8, 4) is 0 Å². The molecule has 4 nitrogen and oxygen atoms in total. The van der Waals surface area contributed by atoms with Crippen LogP contribution in [0.4, 0.5) is 0 Å². The van der Waals surface area contributed by atoms with Gasteiger partial charge in [0.1, 0.15) is 5.54 Å². The Kier molecular flexibility index (Phi) is 6.09. The maximum Gasteiger partial charge on any atom is 0.323 e. The summed E-state index contributed by atoms with van der Waals surface area (Å²) in [6.45, 7) is 10.1. The zero-order chi connectivity index (χ0) is 13.6. The summed E-state index contributed by atoms with van der Waals surface area (Å²) in [5.41, 5.74) is -0.766. The molecule has 0 spiro atoms. The largest absolute Gasteiger partial charge is 0.480 e. The Morgan fingerprint density at radius 1 is 1.44 bits per heavy atom. The van der Waals surface area contributed by atoms with Gasteiger partial charge >= 0.3 is 5.97 Å². The van der Waals surface area contributed by atoms with Gasteiger partial charge < -0.3 is 15.3 Å². The minimum absolute atomic E-state index is 0.697. The minimum Gasteiger partial charge on any atom is -0.480 e. The molecule has 18 heavy (non-hydrogen) atoms. The molecule has 0 aromatic carbocycles. The number of rotatable bonds is 7. The number of nitrogens with zero attached hydrogens (tertiary/aromatic N) is 1. The minimum atomic E-state index is -0.766. The van der Waals surface area contributed by atoms with E-state index in [9.17, 15) is 9.90 Å². The van der Waals surface area contributed by atoms with Gasteiger partial charge in [-0.2, -0.15) is 0 Å². The van der Waals surface area contributed by atoms with Crippen LogP contribution in [0.25, 0.3) is 0 Å². The molecule has 2 N–H and O–H groups in total. The topological polar surface area (TPSA) is 52.6 Å². The summed E-state index contributed by atoms with van der Waals surface area (Å²) in [4.78, 5) is 13.7. The van der Waals surface area contributed by atoms with E-state index in [1.165, 1.54) is 25.9 Å². The Balaban J connectivity index is 2.28. The van der Waals surface area contributed by atoms with Crippen molar-refractivity contribution in [2.45, 2.75) is 52.0 Å². The molecule has 0 amide bonds. The molecule has 1 atom stereocenters. The fourth-order valence-electron chi connectivity index (χ4n) is 2.60. The van der Waals surface area contributed by atoms with Crippen LogP contribution in [-0.4, -0.2) is 47.7 Å². The fourth-order valence-corrected chi connectivity index (χ4v) is 2.60. The molecular formula is C14H28N2O2. The molecule has 106 valence electrons. The van der Waals surface area contributed by atoms with Gasteiger partial charge in [-0.1, -0.05) is 13.8 Å². The van der Waals surface area contributed by atoms with Crippen molar-refractivity contribution < 1.29 is 9.90 Å². The predicted octanol–water partition coefficient (Wildman–Crippen LogP) is 1.95. The van der Waals surface area contributed by atoms with Crippen LogP contribution in [0.3, 0.4) is 0 Å². The standard InChI is InChI=1S/C14H28N2O2/c1-4-15-14(3,13(17)18)8-5-9-16-10-6-12(2)7-11-16/h12,15H,4-11H2,1-3H3,(H,17,18). The van der Waals surface area contributed by atoms with E-state index < -0.39 is 11.5 Å². The summed E-state index contributed by atoms with van der Waals surface area (Å²) in [7, 11) is 0. The van der Waals surface area contributed by atoms with Gasteiger partial charge in [0.05, 0.1) is 0 Å². The van der Waals surface area contributed by atoms with Crippen molar-refractivity contribution >= 4 is 5.97 Å². The van der Waals surface area contributed by atoms with Crippen LogP contribution in [0.15, 0.2) is 0 Å². The number of piperidine rings is 1. The highest BCUT2D eigenvalue weighted by Gasteiger charge is 2.31. The number of carboxylic acid groups (broad SMARTS) is 1. The molecule has 1 heterocycles. The van der Waals surface area contributed by atoms with E-state index in [1.54, 1.807) is 6.92 Å². The van der Waals surface area contributed by atoms with Crippen LogP contribution in [0.1, 0.15) is 46.5 Å². The highest BCUT2D eigenvalue weighted by molar-refractivity contribution is 5.78. The summed E-state index contributed by atoms with van der Waals surface area (Å²) >= 11 is 0. The number of likely N-dealkylation sites (tertiary alicyclic amines) is 1. The van der Waals surface area contributed by atoms with Crippen LogP contribution in [0, 0.1) is 5.92 Å². The van der Waals surface area contributed by atoms with E-state index in [0.29, 0.717) is 13.0 Å². The number of carbonyl (C=O) groups is 1. The summed E-state index contributed by atoms with van der Waals surface area (Å²) in [6, 6.07) is 0. The third kappa shape index (κ3) is 4.58. The Morgan fingerprint density at radius 3 is 2.56 bits per heavy atom. The molecule has 0 aromatic heterocycles. The average molecular weight is 256 g/mol. The Hall–Kier alpha value is -0.610. The van der Waals surface area contributed by atoms with Crippen LogP contribution in [0.5, 0.6) is 0 Å². The smallest absolute Gasteiger partial charge is 0.323 e. The lowest BCUT2D eigenvalue weighted by Crippen LogP contribution is -2.49. The molecule has 1 saturated heterocycles. The molecule has 0 aliphatic carbocycles. The number of hydrogen-bond donors (Lipinski definition) is 2. The zero-order valence-corrected chi connectivity index (χ0v) is 12.0. The molecule has 1 rings (SSSR count). The first-order valence-electron chi connectivity index (χ1n) is 7.18. The van der Waals surface area contributed by atoms with Crippen LogP contribution in [0.2, 0.25) is 0 Å². The second-order valence-corrected chi connectivity index (χ2v) is 5.80. The SMILES string of the molecule is CCNC(C)(CCCN1CCC(C)CC1)C(=O)O. The van der Waals surface area contributed by atoms with E-state index in [2.05, 4.69) is 17.1 Å². The molecular weight excluding hydrogens is 228 g/mol. The molecule has 0 radical (unpaired) electrons. The van der Waals surface area contributed by atoms with Crippen molar-refractivity contribution in [3.63, 3.8) is 0 Å². The first-order valence-corrected chi connectivity index (χ1v) is 7.18. The maximum absolute atomic E-state index is 11.3. The molecule has 1 aliphatic rings. The monoisotopic (exact) mass is 256 g/mol. The quantitative estimate of drug-likeness (QED) is 0.731. The lowest BCUT2D eigenvalue weighted by molar-refractivity contribution is -0.144. The maximum atomic E-state index is 11.3. The zero-order valence-electron chi connectivity index (χ0n) is 12.0. The first-order chi connectivity index (χ1) is 8.48. The molecule has 1 fully saturated rings. The molecule has 0 aromatic rings. The molecule has 1 aliphatic heterocycles. The number of carboxylic acids is 1. The highest BCUT2D eigenvalue weighted by Crippen LogP contribution is 2.18. The highest BCUT2D eigenvalue weighted by atomic mass is 16.4. The van der Waals surface area contributed by atoms with Crippen LogP contribution < -0.4 is 5.32 Å². The van der Waals surface area contributed by atoms with Gasteiger partial charge in [-0.25, -0.2) is 0 Å². The third-order valence-electron chi connectivity index (χ3n) is 4.07. The van der Waals surface area contributed by atoms with Crippen molar-refractivity contribution in [1.82, 2.24) is 10.2 Å². The van der Waals surface area contributed by atoms with Gasteiger partial charge in [-0.15, -0.1) is 0 Å². The van der Waals surface area contributed by atoms with Gasteiger partial charge in [0.15, 0.2) is 0 Å². The van der Waals surface area contributed by atoms with E-state index in [-0.39, 0.29) is 0 Å². The predicted molar refractivity (Wildman–Crippen MR) is 73.8 cm³/mol. The van der Waals surface area contributed by atoms with Gasteiger partial charge in [0.25, 0.3) is 0 Å². The summed E-state index contributed by atoms with van der Waals surface area (Å²) in [6.07, 6.45) is 4.21. The number of aliphatic carboxylic acids is 1. The number of likely N-dealkylation sites (N-methyl/N-ethyl adjacent to an activating group) is 1. The molecule has 1 unspecified atom stereocenters. The van der Waals surface area contributed by atoms with Crippen LogP contribution >= 0.6 is 0 Å². The fraction of sp³-hybridized carbons (Fsp3) is 0.929. The second-order valence-electron chi connectivity index (χ2n) is 5.80. The summed E-state index contributed by atoms with van der Waals surface area (Å²) < 4.78 is 0. The van der Waals surface area contributed by atoms with Crippen molar-refractivity contribution in [2.24, 2.45) is 5.92 Å². The van der Waals surface area contributed by atoms with Crippen molar-refractivity contribution in [1.29, 1.82) is 0 Å². The van der Waals surface area contributed by atoms with Gasteiger partial charge in [0, 0.05) is 0 Å². The lowest BCUT2D eigenvalue weighted by Gasteiger charge is -2.31. The Bertz CT molecular complexity index is 263. The van der Waals surface area contributed by atoms with Gasteiger partial charge in [-0.3, -0.25) is 4.79 Å². The average Bonchev–Trinajstić information content (AvgIpc) is 2.32. The first kappa shape index (κ1) is 15.4. The summed E-state index contributed by atoms with van der Waals surface area (Å²) in [5.74, 6) is 0.115. The van der Waals surface area contributed by atoms with Gasteiger partial charge in [-0.05, 0) is 64.7 Å². The molecule has 0 saturated carbocycles. The normalized spacial score (nSPS) is 21.7. The summed E-state index contributed by atoms with van der Waals surface area (Å²) in [5, 5.41) is 12.3. The molecule has 4 heteroatoms. The lowest BCUT2D eigenvalue weighted by atomic mass is 9.94. The van der Waals surface area contributed by atoms with Crippen LogP contribution in [-0.2, 0) is 4.79 Å². The third-order valence-corrected chi connectivity index (χ3v) is 4.07. The van der Waals surface area contributed by atoms with Crippen molar-refractivity contribution in [3.05, 3.63) is 0 Å². The number of hydrogen-bond acceptors (Lipinski definition) is 3. The molecule has 0 bridgehead atoms. The van der Waals surface area contributed by atoms with Gasteiger partial charge in [0.2, 0.25) is 0 Å². The van der Waals surface area contributed by atoms with Crippen molar-refractivity contribution in [2.75, 3.05) is 26.2 Å². The van der Waals surface area contributed by atoms with E-state index in [1.807, 2.05) is 6.92 Å². The number of nitrogens with one attached hydrogen (secondary N) is 1. The van der Waals surface area contributed by atoms with E-state index in [4.69, 9.17) is 0 Å².